The van der Waals surface area contributed by atoms with Gasteiger partial charge in [0.25, 0.3) is 0 Å². The molecule has 0 bridgehead atoms. The second kappa shape index (κ2) is 10.8. The first-order valence-electron chi connectivity index (χ1n) is 12.3. The van der Waals surface area contributed by atoms with Gasteiger partial charge in [-0.1, -0.05) is 11.6 Å². The Labute approximate surface area is 209 Å². The van der Waals surface area contributed by atoms with Gasteiger partial charge in [0, 0.05) is 25.5 Å². The van der Waals surface area contributed by atoms with E-state index in [4.69, 9.17) is 17.0 Å². The summed E-state index contributed by atoms with van der Waals surface area (Å²) in [6.45, 7) is 3.97. The van der Waals surface area contributed by atoms with Crippen LogP contribution >= 0.6 is 11.6 Å². The van der Waals surface area contributed by atoms with E-state index in [1.807, 2.05) is 0 Å². The molecule has 1 saturated carbocycles. The quantitative estimate of drug-likeness (QED) is 0.388. The van der Waals surface area contributed by atoms with Crippen molar-refractivity contribution < 1.29 is 18.0 Å². The summed E-state index contributed by atoms with van der Waals surface area (Å²) >= 11 is 6.02. The van der Waals surface area contributed by atoms with E-state index in [2.05, 4.69) is 20.9 Å². The number of allylic oxidation sites excluding steroid dienone is 1. The zero-order valence-corrected chi connectivity index (χ0v) is 20.4. The smallest absolute Gasteiger partial charge is 0.375 e. The molecule has 1 aromatic rings. The van der Waals surface area contributed by atoms with Crippen molar-refractivity contribution in [3.8, 4) is 0 Å². The number of halogens is 4. The van der Waals surface area contributed by atoms with Crippen molar-refractivity contribution in [1.29, 1.82) is 5.41 Å². The largest absolute Gasteiger partial charge is 0.416 e. The van der Waals surface area contributed by atoms with Crippen LogP contribution in [0.25, 0.3) is 0 Å². The summed E-state index contributed by atoms with van der Waals surface area (Å²) in [4.78, 5) is 15.3. The van der Waals surface area contributed by atoms with Crippen molar-refractivity contribution in [2.24, 2.45) is 11.8 Å². The van der Waals surface area contributed by atoms with Gasteiger partial charge in [0.15, 0.2) is 0 Å². The Morgan fingerprint density at radius 2 is 1.80 bits per heavy atom. The van der Waals surface area contributed by atoms with Gasteiger partial charge in [-0.05, 0) is 88.1 Å². The number of carbonyl (C=O) groups excluding carboxylic acids is 1. The summed E-state index contributed by atoms with van der Waals surface area (Å²) in [5.41, 5.74) is -0.845. The Morgan fingerprint density at radius 1 is 1.14 bits per heavy atom. The maximum atomic E-state index is 13.1. The zero-order valence-electron chi connectivity index (χ0n) is 19.7. The SMILES string of the molecule is N=C/C(=C\NC1(C(=O)Nc2ccc(C(F)(F)F)cc2Cl)CCC1)N1CCC(C2CCNCC2)CC1. The Kier molecular flexibility index (Phi) is 7.96. The second-order valence-electron chi connectivity index (χ2n) is 9.85. The molecule has 4 rings (SSSR count). The number of anilines is 1. The lowest BCUT2D eigenvalue weighted by atomic mass is 9.76. The van der Waals surface area contributed by atoms with E-state index >= 15 is 0 Å². The number of hydrogen-bond donors (Lipinski definition) is 4. The average Bonchev–Trinajstić information content (AvgIpc) is 2.82. The highest BCUT2D eigenvalue weighted by Crippen LogP contribution is 2.37. The highest BCUT2D eigenvalue weighted by molar-refractivity contribution is 6.33. The Bertz CT molecular complexity index is 949. The van der Waals surface area contributed by atoms with E-state index < -0.39 is 17.3 Å². The second-order valence-corrected chi connectivity index (χ2v) is 10.3. The standard InChI is InChI=1S/C25H33ClF3N5O/c26-21-14-19(25(27,28)29)2-3-22(21)33-23(35)24(8-1-9-24)32-16-20(15-30)34-12-6-18(7-13-34)17-4-10-31-11-5-17/h2-3,14-18,30-32H,1,4-13H2,(H,33,35)/b20-16+,30-15?. The van der Waals surface area contributed by atoms with Crippen molar-refractivity contribution in [2.75, 3.05) is 31.5 Å². The molecular weight excluding hydrogens is 479 g/mol. The number of carbonyl (C=O) groups is 1. The average molecular weight is 512 g/mol. The first-order valence-corrected chi connectivity index (χ1v) is 12.7. The van der Waals surface area contributed by atoms with Crippen LogP contribution in [0.3, 0.4) is 0 Å². The van der Waals surface area contributed by atoms with Crippen molar-refractivity contribution in [3.05, 3.63) is 40.7 Å². The number of likely N-dealkylation sites (tertiary alicyclic amines) is 1. The summed E-state index contributed by atoms with van der Waals surface area (Å²) in [6, 6.07) is 2.90. The lowest BCUT2D eigenvalue weighted by Crippen LogP contribution is -2.58. The highest BCUT2D eigenvalue weighted by atomic mass is 35.5. The van der Waals surface area contributed by atoms with E-state index in [0.29, 0.717) is 12.8 Å². The van der Waals surface area contributed by atoms with Gasteiger partial charge in [-0.25, -0.2) is 0 Å². The number of amides is 1. The molecule has 0 spiro atoms. The van der Waals surface area contributed by atoms with Crippen LogP contribution in [-0.4, -0.2) is 48.7 Å². The van der Waals surface area contributed by atoms with Gasteiger partial charge in [-0.3, -0.25) is 4.79 Å². The van der Waals surface area contributed by atoms with Gasteiger partial charge in [0.2, 0.25) is 5.91 Å². The van der Waals surface area contributed by atoms with E-state index in [1.165, 1.54) is 25.1 Å². The number of rotatable bonds is 7. The normalized spacial score (nSPS) is 21.8. The number of alkyl halides is 3. The summed E-state index contributed by atoms with van der Waals surface area (Å²) in [5, 5.41) is 17.1. The molecule has 3 fully saturated rings. The van der Waals surface area contributed by atoms with Gasteiger partial charge in [-0.2, -0.15) is 13.2 Å². The van der Waals surface area contributed by atoms with Crippen molar-refractivity contribution >= 4 is 29.4 Å². The monoisotopic (exact) mass is 511 g/mol. The maximum Gasteiger partial charge on any atom is 0.416 e. The first-order chi connectivity index (χ1) is 16.7. The molecule has 192 valence electrons. The Balaban J connectivity index is 1.37. The lowest BCUT2D eigenvalue weighted by Gasteiger charge is -2.42. The van der Waals surface area contributed by atoms with Gasteiger partial charge < -0.3 is 26.3 Å². The summed E-state index contributed by atoms with van der Waals surface area (Å²) in [6.07, 6.45) is 5.28. The molecule has 4 N–H and O–H groups in total. The minimum atomic E-state index is -4.50. The van der Waals surface area contributed by atoms with Crippen LogP contribution in [0, 0.1) is 17.2 Å². The van der Waals surface area contributed by atoms with Crippen LogP contribution in [0.4, 0.5) is 18.9 Å². The summed E-state index contributed by atoms with van der Waals surface area (Å²) in [5.74, 6) is 1.17. The number of piperidine rings is 2. The molecular formula is C25H33ClF3N5O. The number of nitrogens with one attached hydrogen (secondary N) is 4. The van der Waals surface area contributed by atoms with Crippen molar-refractivity contribution in [3.63, 3.8) is 0 Å². The third-order valence-electron chi connectivity index (χ3n) is 7.79. The molecule has 2 saturated heterocycles. The van der Waals surface area contributed by atoms with Crippen LogP contribution in [0.1, 0.15) is 50.5 Å². The third-order valence-corrected chi connectivity index (χ3v) is 8.10. The highest BCUT2D eigenvalue weighted by Gasteiger charge is 2.44. The van der Waals surface area contributed by atoms with Gasteiger partial charge in [0.1, 0.15) is 5.54 Å². The number of hydrogen-bond acceptors (Lipinski definition) is 5. The van der Waals surface area contributed by atoms with E-state index in [9.17, 15) is 18.0 Å². The third kappa shape index (κ3) is 5.94. The number of nitrogens with zero attached hydrogens (tertiary/aromatic N) is 1. The van der Waals surface area contributed by atoms with Gasteiger partial charge in [-0.15, -0.1) is 0 Å². The fourth-order valence-electron chi connectivity index (χ4n) is 5.38. The molecule has 2 aliphatic heterocycles. The predicted molar refractivity (Wildman–Crippen MR) is 132 cm³/mol. The first kappa shape index (κ1) is 25.8. The fraction of sp³-hybridized carbons (Fsp3) is 0.600. The van der Waals surface area contributed by atoms with E-state index in [0.717, 1.165) is 75.1 Å². The Morgan fingerprint density at radius 3 is 2.34 bits per heavy atom. The number of benzene rings is 1. The zero-order chi connectivity index (χ0) is 25.1. The minimum absolute atomic E-state index is 0.147. The lowest BCUT2D eigenvalue weighted by molar-refractivity contribution is -0.137. The molecule has 0 unspecified atom stereocenters. The molecule has 1 amide bonds. The summed E-state index contributed by atoms with van der Waals surface area (Å²) in [7, 11) is 0. The van der Waals surface area contributed by atoms with Gasteiger partial charge in [0.05, 0.1) is 22.0 Å². The Hall–Kier alpha value is -2.26. The van der Waals surface area contributed by atoms with Gasteiger partial charge >= 0.3 is 6.18 Å². The molecule has 0 radical (unpaired) electrons. The maximum absolute atomic E-state index is 13.1. The molecule has 35 heavy (non-hydrogen) atoms. The molecule has 2 heterocycles. The fourth-order valence-corrected chi connectivity index (χ4v) is 5.61. The molecule has 1 aliphatic carbocycles. The molecule has 0 aromatic heterocycles. The van der Waals surface area contributed by atoms with Crippen LogP contribution in [0.15, 0.2) is 30.1 Å². The molecule has 0 atom stereocenters. The molecule has 1 aromatic carbocycles. The van der Waals surface area contributed by atoms with Crippen molar-refractivity contribution in [1.82, 2.24) is 15.5 Å². The van der Waals surface area contributed by atoms with E-state index in [1.54, 1.807) is 6.20 Å². The van der Waals surface area contributed by atoms with Crippen molar-refractivity contribution in [2.45, 2.75) is 56.7 Å². The van der Waals surface area contributed by atoms with Crippen LogP contribution in [0.5, 0.6) is 0 Å². The van der Waals surface area contributed by atoms with Crippen LogP contribution in [-0.2, 0) is 11.0 Å². The van der Waals surface area contributed by atoms with Crippen LogP contribution < -0.4 is 16.0 Å². The topological polar surface area (TPSA) is 80.2 Å². The minimum Gasteiger partial charge on any atom is -0.375 e. The molecule has 3 aliphatic rings. The van der Waals surface area contributed by atoms with Crippen LogP contribution in [0.2, 0.25) is 5.02 Å². The predicted octanol–water partition coefficient (Wildman–Crippen LogP) is 5.01. The van der Waals surface area contributed by atoms with E-state index in [-0.39, 0.29) is 16.6 Å². The summed E-state index contributed by atoms with van der Waals surface area (Å²) < 4.78 is 38.7. The molecule has 10 heteroatoms. The molecule has 6 nitrogen and oxygen atoms in total.